The average Bonchev–Trinajstić information content (AvgIpc) is 2.04. The van der Waals surface area contributed by atoms with Crippen molar-refractivity contribution in [2.24, 2.45) is 0 Å². The van der Waals surface area contributed by atoms with Crippen molar-refractivity contribution in [2.45, 2.75) is 32.1 Å². The van der Waals surface area contributed by atoms with E-state index in [9.17, 15) is 0 Å². The lowest BCUT2D eigenvalue weighted by Gasteiger charge is -2.38. The third-order valence-corrected chi connectivity index (χ3v) is 2.29. The van der Waals surface area contributed by atoms with Crippen molar-refractivity contribution in [3.8, 4) is 0 Å². The van der Waals surface area contributed by atoms with Crippen LogP contribution in [0.3, 0.4) is 0 Å². The molecule has 1 unspecified atom stereocenters. The van der Waals surface area contributed by atoms with E-state index in [2.05, 4.69) is 12.2 Å². The van der Waals surface area contributed by atoms with Crippen LogP contribution in [0.1, 0.15) is 20.3 Å². The summed E-state index contributed by atoms with van der Waals surface area (Å²) in [6, 6.07) is 0.239. The Morgan fingerprint density at radius 1 is 1.36 bits per heavy atom. The number of nitrogens with one attached hydrogen (secondary N) is 1. The van der Waals surface area contributed by atoms with Crippen LogP contribution in [0, 0.1) is 0 Å². The molecule has 1 heterocycles. The van der Waals surface area contributed by atoms with Crippen LogP contribution in [-0.2, 0) is 9.47 Å². The Hall–Kier alpha value is -0.120. The SMILES string of the molecule is CNC(C)C1(C)OCCCO1. The molecule has 1 aliphatic rings. The van der Waals surface area contributed by atoms with Gasteiger partial charge in [-0.05, 0) is 27.3 Å². The highest BCUT2D eigenvalue weighted by molar-refractivity contribution is 4.78. The smallest absolute Gasteiger partial charge is 0.180 e. The molecule has 1 aliphatic heterocycles. The lowest BCUT2D eigenvalue weighted by Crippen LogP contribution is -2.51. The Bertz CT molecular complexity index is 121. The van der Waals surface area contributed by atoms with Gasteiger partial charge in [-0.3, -0.25) is 0 Å². The molecule has 1 fully saturated rings. The van der Waals surface area contributed by atoms with E-state index >= 15 is 0 Å². The van der Waals surface area contributed by atoms with E-state index in [1.807, 2.05) is 14.0 Å². The fourth-order valence-corrected chi connectivity index (χ4v) is 1.16. The molecule has 1 rings (SSSR count). The molecule has 0 aromatic rings. The van der Waals surface area contributed by atoms with Gasteiger partial charge in [-0.1, -0.05) is 0 Å². The Morgan fingerprint density at radius 3 is 2.36 bits per heavy atom. The van der Waals surface area contributed by atoms with Crippen molar-refractivity contribution in [3.63, 3.8) is 0 Å². The molecule has 0 radical (unpaired) electrons. The summed E-state index contributed by atoms with van der Waals surface area (Å²) in [6.07, 6.45) is 1.01. The number of ether oxygens (including phenoxy) is 2. The van der Waals surface area contributed by atoms with Gasteiger partial charge in [0.05, 0.1) is 19.3 Å². The molecule has 66 valence electrons. The zero-order valence-electron chi connectivity index (χ0n) is 7.52. The maximum Gasteiger partial charge on any atom is 0.180 e. The second-order valence-corrected chi connectivity index (χ2v) is 3.08. The van der Waals surface area contributed by atoms with E-state index in [0.717, 1.165) is 19.6 Å². The van der Waals surface area contributed by atoms with Gasteiger partial charge in [0.25, 0.3) is 0 Å². The number of likely N-dealkylation sites (N-methyl/N-ethyl adjacent to an activating group) is 1. The van der Waals surface area contributed by atoms with E-state index in [1.165, 1.54) is 0 Å². The van der Waals surface area contributed by atoms with Crippen molar-refractivity contribution < 1.29 is 9.47 Å². The molecule has 0 aliphatic carbocycles. The highest BCUT2D eigenvalue weighted by atomic mass is 16.7. The van der Waals surface area contributed by atoms with E-state index in [0.29, 0.717) is 0 Å². The lowest BCUT2D eigenvalue weighted by molar-refractivity contribution is -0.267. The first kappa shape index (κ1) is 8.97. The van der Waals surface area contributed by atoms with E-state index in [1.54, 1.807) is 0 Å². The Morgan fingerprint density at radius 2 is 1.91 bits per heavy atom. The first-order valence-corrected chi connectivity index (χ1v) is 4.14. The van der Waals surface area contributed by atoms with Crippen molar-refractivity contribution in [1.82, 2.24) is 5.32 Å². The van der Waals surface area contributed by atoms with Crippen molar-refractivity contribution >= 4 is 0 Å². The van der Waals surface area contributed by atoms with Crippen LogP contribution in [0.2, 0.25) is 0 Å². The van der Waals surface area contributed by atoms with Gasteiger partial charge in [0.2, 0.25) is 0 Å². The molecule has 0 saturated carbocycles. The van der Waals surface area contributed by atoms with Gasteiger partial charge in [0.15, 0.2) is 5.79 Å². The summed E-state index contributed by atoms with van der Waals surface area (Å²) in [5, 5.41) is 3.13. The number of hydrogen-bond donors (Lipinski definition) is 1. The van der Waals surface area contributed by atoms with Gasteiger partial charge in [-0.2, -0.15) is 0 Å². The molecule has 0 bridgehead atoms. The second-order valence-electron chi connectivity index (χ2n) is 3.08. The summed E-state index contributed by atoms with van der Waals surface area (Å²) in [4.78, 5) is 0. The fraction of sp³-hybridized carbons (Fsp3) is 1.00. The first-order chi connectivity index (χ1) is 5.19. The summed E-state index contributed by atoms with van der Waals surface area (Å²) in [6.45, 7) is 5.66. The highest BCUT2D eigenvalue weighted by Gasteiger charge is 2.34. The minimum Gasteiger partial charge on any atom is -0.349 e. The summed E-state index contributed by atoms with van der Waals surface area (Å²) in [5.74, 6) is -0.424. The van der Waals surface area contributed by atoms with Crippen LogP contribution in [0.15, 0.2) is 0 Å². The summed E-state index contributed by atoms with van der Waals surface area (Å²) < 4.78 is 11.1. The van der Waals surface area contributed by atoms with Crippen molar-refractivity contribution in [2.75, 3.05) is 20.3 Å². The van der Waals surface area contributed by atoms with Crippen LogP contribution >= 0.6 is 0 Å². The predicted octanol–water partition coefficient (Wildman–Crippen LogP) is 0.747. The highest BCUT2D eigenvalue weighted by Crippen LogP contribution is 2.21. The maximum atomic E-state index is 5.53. The molecule has 1 saturated heterocycles. The normalized spacial score (nSPS) is 26.5. The first-order valence-electron chi connectivity index (χ1n) is 4.14. The van der Waals surface area contributed by atoms with Gasteiger partial charge in [0.1, 0.15) is 0 Å². The van der Waals surface area contributed by atoms with Gasteiger partial charge < -0.3 is 14.8 Å². The second kappa shape index (κ2) is 3.52. The van der Waals surface area contributed by atoms with Gasteiger partial charge in [-0.25, -0.2) is 0 Å². The van der Waals surface area contributed by atoms with Gasteiger partial charge in [0, 0.05) is 0 Å². The van der Waals surface area contributed by atoms with Gasteiger partial charge in [-0.15, -0.1) is 0 Å². The summed E-state index contributed by atoms with van der Waals surface area (Å²) in [7, 11) is 1.91. The zero-order valence-corrected chi connectivity index (χ0v) is 7.52. The molecule has 0 aromatic heterocycles. The zero-order chi connectivity index (χ0) is 8.32. The quantitative estimate of drug-likeness (QED) is 0.645. The average molecular weight is 159 g/mol. The van der Waals surface area contributed by atoms with Crippen LogP contribution < -0.4 is 5.32 Å². The Labute approximate surface area is 68.1 Å². The van der Waals surface area contributed by atoms with Crippen LogP contribution in [0.4, 0.5) is 0 Å². The molecule has 0 aromatic carbocycles. The maximum absolute atomic E-state index is 5.53. The van der Waals surface area contributed by atoms with E-state index < -0.39 is 5.79 Å². The molecule has 3 nitrogen and oxygen atoms in total. The molecule has 0 spiro atoms. The largest absolute Gasteiger partial charge is 0.349 e. The molecule has 11 heavy (non-hydrogen) atoms. The Kier molecular flexibility index (Phi) is 2.87. The molecule has 1 atom stereocenters. The Balaban J connectivity index is 2.49. The standard InChI is InChI=1S/C8H17NO2/c1-7(9-3)8(2)10-5-4-6-11-8/h7,9H,4-6H2,1-3H3. The van der Waals surface area contributed by atoms with Crippen molar-refractivity contribution in [1.29, 1.82) is 0 Å². The predicted molar refractivity (Wildman–Crippen MR) is 43.4 cm³/mol. The minimum absolute atomic E-state index is 0.239. The third-order valence-electron chi connectivity index (χ3n) is 2.29. The lowest BCUT2D eigenvalue weighted by atomic mass is 10.1. The molecular formula is C8H17NO2. The van der Waals surface area contributed by atoms with Crippen LogP contribution in [0.25, 0.3) is 0 Å². The number of rotatable bonds is 2. The molecule has 1 N–H and O–H groups in total. The monoisotopic (exact) mass is 159 g/mol. The molecule has 0 amide bonds. The van der Waals surface area contributed by atoms with Crippen LogP contribution in [-0.4, -0.2) is 32.1 Å². The topological polar surface area (TPSA) is 30.5 Å². The minimum atomic E-state index is -0.424. The fourth-order valence-electron chi connectivity index (χ4n) is 1.16. The molecular weight excluding hydrogens is 142 g/mol. The van der Waals surface area contributed by atoms with E-state index in [4.69, 9.17) is 9.47 Å². The van der Waals surface area contributed by atoms with E-state index in [-0.39, 0.29) is 6.04 Å². The summed E-state index contributed by atoms with van der Waals surface area (Å²) in [5.41, 5.74) is 0. The van der Waals surface area contributed by atoms with Gasteiger partial charge >= 0.3 is 0 Å². The third kappa shape index (κ3) is 1.92. The van der Waals surface area contributed by atoms with Crippen molar-refractivity contribution in [3.05, 3.63) is 0 Å². The van der Waals surface area contributed by atoms with Crippen LogP contribution in [0.5, 0.6) is 0 Å². The summed E-state index contributed by atoms with van der Waals surface area (Å²) >= 11 is 0. The molecule has 3 heteroatoms. The number of hydrogen-bond acceptors (Lipinski definition) is 3.